The van der Waals surface area contributed by atoms with Crippen LogP contribution in [-0.2, 0) is 0 Å². The first kappa shape index (κ1) is 20.5. The van der Waals surface area contributed by atoms with Crippen LogP contribution in [0.15, 0.2) is 42.6 Å². The molecule has 2 aliphatic heterocycles. The number of aryl methyl sites for hydroxylation is 3. The van der Waals surface area contributed by atoms with E-state index >= 15 is 0 Å². The molecule has 0 bridgehead atoms. The van der Waals surface area contributed by atoms with E-state index < -0.39 is 5.82 Å². The number of hydrogen-bond donors (Lipinski definition) is 0. The zero-order chi connectivity index (χ0) is 22.4. The van der Waals surface area contributed by atoms with Gasteiger partial charge in [0.25, 0.3) is 5.91 Å². The third kappa shape index (κ3) is 3.51. The van der Waals surface area contributed by atoms with E-state index in [0.29, 0.717) is 30.3 Å². The van der Waals surface area contributed by atoms with Gasteiger partial charge in [0.2, 0.25) is 5.95 Å². The normalized spacial score (nSPS) is 20.0. The molecule has 3 aromatic rings. The van der Waals surface area contributed by atoms with E-state index in [9.17, 15) is 9.18 Å². The second-order valence-corrected chi connectivity index (χ2v) is 8.80. The SMILES string of the molecule is Cc1cc(C)nc(N2C[C@@H]3CCN(C(=O)c4cccc(F)c4-c4ncccc4C)C[C@@H]32)n1. The average Bonchev–Trinajstić information content (AvgIpc) is 2.74. The highest BCUT2D eigenvalue weighted by Crippen LogP contribution is 2.36. The summed E-state index contributed by atoms with van der Waals surface area (Å²) in [5.41, 5.74) is 3.87. The van der Waals surface area contributed by atoms with Gasteiger partial charge in [0.1, 0.15) is 5.82 Å². The number of aromatic nitrogens is 3. The molecule has 2 saturated heterocycles. The van der Waals surface area contributed by atoms with Crippen LogP contribution in [0, 0.1) is 32.5 Å². The van der Waals surface area contributed by atoms with Crippen LogP contribution < -0.4 is 4.90 Å². The van der Waals surface area contributed by atoms with Crippen LogP contribution in [0.5, 0.6) is 0 Å². The van der Waals surface area contributed by atoms with Crippen LogP contribution in [0.3, 0.4) is 0 Å². The number of nitrogens with zero attached hydrogens (tertiary/aromatic N) is 5. The second kappa shape index (κ2) is 7.97. The highest BCUT2D eigenvalue weighted by molar-refractivity contribution is 6.01. The number of halogens is 1. The first-order chi connectivity index (χ1) is 15.4. The zero-order valence-electron chi connectivity index (χ0n) is 18.5. The number of fused-ring (bicyclic) bond motifs is 1. The van der Waals surface area contributed by atoms with Crippen molar-refractivity contribution < 1.29 is 9.18 Å². The lowest BCUT2D eigenvalue weighted by atomic mass is 9.82. The molecular weight excluding hydrogens is 405 g/mol. The smallest absolute Gasteiger partial charge is 0.254 e. The number of rotatable bonds is 3. The third-order valence-corrected chi connectivity index (χ3v) is 6.56. The van der Waals surface area contributed by atoms with Gasteiger partial charge in [-0.15, -0.1) is 0 Å². The lowest BCUT2D eigenvalue weighted by Gasteiger charge is -2.53. The van der Waals surface area contributed by atoms with Gasteiger partial charge in [-0.3, -0.25) is 9.78 Å². The highest BCUT2D eigenvalue weighted by Gasteiger charge is 2.45. The standard InChI is InChI=1S/C25H26FN5O/c1-15-6-5-10-27-23(15)22-19(7-4-8-20(22)26)24(32)30-11-9-18-13-31(21(18)14-30)25-28-16(2)12-17(3)29-25/h4-8,10,12,18,21H,9,11,13-14H2,1-3H3/t18-,21-/m0/s1. The van der Waals surface area contributed by atoms with Crippen molar-refractivity contribution in [2.24, 2.45) is 5.92 Å². The molecule has 5 rings (SSSR count). The summed E-state index contributed by atoms with van der Waals surface area (Å²) in [6.45, 7) is 7.97. The Kier molecular flexibility index (Phi) is 5.12. The Bertz CT molecular complexity index is 1180. The van der Waals surface area contributed by atoms with Crippen LogP contribution in [0.1, 0.15) is 33.7 Å². The van der Waals surface area contributed by atoms with Crippen molar-refractivity contribution in [3.8, 4) is 11.3 Å². The molecule has 7 heteroatoms. The molecule has 0 radical (unpaired) electrons. The first-order valence-electron chi connectivity index (χ1n) is 11.0. The number of pyridine rings is 1. The van der Waals surface area contributed by atoms with E-state index in [2.05, 4.69) is 19.9 Å². The van der Waals surface area contributed by atoms with Crippen molar-refractivity contribution in [3.63, 3.8) is 0 Å². The molecule has 0 aliphatic carbocycles. The summed E-state index contributed by atoms with van der Waals surface area (Å²) < 4.78 is 14.9. The van der Waals surface area contributed by atoms with Gasteiger partial charge in [0.05, 0.1) is 17.3 Å². The van der Waals surface area contributed by atoms with Crippen molar-refractivity contribution in [2.45, 2.75) is 33.2 Å². The van der Waals surface area contributed by atoms with Gasteiger partial charge in [0.15, 0.2) is 0 Å². The molecule has 1 aromatic carbocycles. The van der Waals surface area contributed by atoms with E-state index in [4.69, 9.17) is 0 Å². The molecule has 2 aliphatic rings. The molecule has 1 amide bonds. The summed E-state index contributed by atoms with van der Waals surface area (Å²) in [6, 6.07) is 10.5. The largest absolute Gasteiger partial charge is 0.337 e. The van der Waals surface area contributed by atoms with Crippen LogP contribution in [-0.4, -0.2) is 51.4 Å². The second-order valence-electron chi connectivity index (χ2n) is 8.80. The minimum atomic E-state index is -0.429. The van der Waals surface area contributed by atoms with Crippen LogP contribution in [0.25, 0.3) is 11.3 Å². The lowest BCUT2D eigenvalue weighted by molar-refractivity contribution is 0.0589. The van der Waals surface area contributed by atoms with Gasteiger partial charge < -0.3 is 9.80 Å². The molecule has 2 atom stereocenters. The molecule has 0 unspecified atom stereocenters. The predicted octanol–water partition coefficient (Wildman–Crippen LogP) is 3.95. The summed E-state index contributed by atoms with van der Waals surface area (Å²) in [5.74, 6) is 0.666. The lowest BCUT2D eigenvalue weighted by Crippen LogP contribution is -2.65. The minimum absolute atomic E-state index is 0.156. The number of carbonyl (C=O) groups excluding carboxylic acids is 1. The fourth-order valence-electron chi connectivity index (χ4n) is 4.91. The number of carbonyl (C=O) groups is 1. The zero-order valence-corrected chi connectivity index (χ0v) is 18.5. The topological polar surface area (TPSA) is 62.2 Å². The van der Waals surface area contributed by atoms with E-state index in [1.54, 1.807) is 18.3 Å². The van der Waals surface area contributed by atoms with Gasteiger partial charge in [0, 0.05) is 48.7 Å². The number of benzene rings is 1. The number of piperidine rings is 1. The Hall–Kier alpha value is -3.35. The molecule has 2 aromatic heterocycles. The van der Waals surface area contributed by atoms with E-state index in [1.165, 1.54) is 6.07 Å². The Labute approximate surface area is 187 Å². The fourth-order valence-corrected chi connectivity index (χ4v) is 4.91. The molecule has 2 fully saturated rings. The summed E-state index contributed by atoms with van der Waals surface area (Å²) in [6.07, 6.45) is 2.55. The van der Waals surface area contributed by atoms with Crippen LogP contribution in [0.2, 0.25) is 0 Å². The first-order valence-corrected chi connectivity index (χ1v) is 11.0. The minimum Gasteiger partial charge on any atom is -0.337 e. The van der Waals surface area contributed by atoms with E-state index in [1.807, 2.05) is 43.9 Å². The van der Waals surface area contributed by atoms with Gasteiger partial charge in [-0.05, 0) is 57.0 Å². The van der Waals surface area contributed by atoms with Crippen molar-refractivity contribution >= 4 is 11.9 Å². The maximum atomic E-state index is 14.9. The van der Waals surface area contributed by atoms with Crippen LogP contribution in [0.4, 0.5) is 10.3 Å². The summed E-state index contributed by atoms with van der Waals surface area (Å²) >= 11 is 0. The summed E-state index contributed by atoms with van der Waals surface area (Å²) in [5, 5.41) is 0. The van der Waals surface area contributed by atoms with Crippen molar-refractivity contribution in [2.75, 3.05) is 24.5 Å². The number of amides is 1. The molecule has 0 spiro atoms. The third-order valence-electron chi connectivity index (χ3n) is 6.56. The summed E-state index contributed by atoms with van der Waals surface area (Å²) in [4.78, 5) is 31.2. The maximum absolute atomic E-state index is 14.9. The number of likely N-dealkylation sites (tertiary alicyclic amines) is 1. The van der Waals surface area contributed by atoms with Gasteiger partial charge in [-0.1, -0.05) is 12.1 Å². The molecule has 0 N–H and O–H groups in total. The molecular formula is C25H26FN5O. The van der Waals surface area contributed by atoms with Gasteiger partial charge in [-0.25, -0.2) is 14.4 Å². The van der Waals surface area contributed by atoms with Crippen molar-refractivity contribution in [3.05, 3.63) is 70.9 Å². The predicted molar refractivity (Wildman–Crippen MR) is 121 cm³/mol. The molecule has 0 saturated carbocycles. The van der Waals surface area contributed by atoms with Gasteiger partial charge >= 0.3 is 0 Å². The summed E-state index contributed by atoms with van der Waals surface area (Å²) in [7, 11) is 0. The van der Waals surface area contributed by atoms with Crippen molar-refractivity contribution in [1.82, 2.24) is 19.9 Å². The number of hydrogen-bond acceptors (Lipinski definition) is 5. The monoisotopic (exact) mass is 431 g/mol. The Morgan fingerprint density at radius 2 is 1.84 bits per heavy atom. The Morgan fingerprint density at radius 3 is 2.59 bits per heavy atom. The van der Waals surface area contributed by atoms with Crippen LogP contribution >= 0.6 is 0 Å². The molecule has 32 heavy (non-hydrogen) atoms. The van der Waals surface area contributed by atoms with Crippen molar-refractivity contribution in [1.29, 1.82) is 0 Å². The molecule has 4 heterocycles. The average molecular weight is 432 g/mol. The van der Waals surface area contributed by atoms with E-state index in [-0.39, 0.29) is 17.5 Å². The highest BCUT2D eigenvalue weighted by atomic mass is 19.1. The van der Waals surface area contributed by atoms with E-state index in [0.717, 1.165) is 35.9 Å². The maximum Gasteiger partial charge on any atom is 0.254 e. The molecule has 6 nitrogen and oxygen atoms in total. The van der Waals surface area contributed by atoms with Gasteiger partial charge in [-0.2, -0.15) is 0 Å². The quantitative estimate of drug-likeness (QED) is 0.628. The Balaban J connectivity index is 1.43. The molecule has 164 valence electrons. The Morgan fingerprint density at radius 1 is 1.06 bits per heavy atom. The fraction of sp³-hybridized carbons (Fsp3) is 0.360. The number of anilines is 1.